The molecule has 164 valence electrons. The third-order valence-corrected chi connectivity index (χ3v) is 4.89. The van der Waals surface area contributed by atoms with Crippen molar-refractivity contribution in [3.63, 3.8) is 0 Å². The number of nitrogens with two attached hydrogens (primary N) is 1. The van der Waals surface area contributed by atoms with E-state index >= 15 is 0 Å². The number of aliphatic carboxylic acids is 1. The maximum atomic E-state index is 12.7. The van der Waals surface area contributed by atoms with Crippen molar-refractivity contribution in [1.29, 1.82) is 0 Å². The molecule has 5 N–H and O–H groups in total. The first-order chi connectivity index (χ1) is 15.4. The number of rotatable bonds is 6. The van der Waals surface area contributed by atoms with Crippen LogP contribution < -0.4 is 16.5 Å². The molecule has 0 unspecified atom stereocenters. The van der Waals surface area contributed by atoms with Crippen LogP contribution in [0.15, 0.2) is 77.7 Å². The summed E-state index contributed by atoms with van der Waals surface area (Å²) < 4.78 is 0. The number of amides is 2. The Morgan fingerprint density at radius 3 is 1.88 bits per heavy atom. The second-order valence-electron chi connectivity index (χ2n) is 7.33. The Balaban J connectivity index is 0.000000416. The molecule has 1 fully saturated rings. The lowest BCUT2D eigenvalue weighted by molar-refractivity contribution is -0.138. The molecular formula is C24H23N3O5. The second-order valence-corrected chi connectivity index (χ2v) is 7.33. The van der Waals surface area contributed by atoms with Gasteiger partial charge in [-0.3, -0.25) is 19.2 Å². The van der Waals surface area contributed by atoms with Crippen LogP contribution in [0, 0.1) is 5.92 Å². The van der Waals surface area contributed by atoms with E-state index in [0.29, 0.717) is 0 Å². The Kier molecular flexibility index (Phi) is 7.17. The van der Waals surface area contributed by atoms with Crippen molar-refractivity contribution >= 4 is 17.8 Å². The van der Waals surface area contributed by atoms with Crippen LogP contribution in [0.4, 0.5) is 0 Å². The van der Waals surface area contributed by atoms with Crippen molar-refractivity contribution in [3.8, 4) is 0 Å². The van der Waals surface area contributed by atoms with Gasteiger partial charge in [-0.2, -0.15) is 0 Å². The van der Waals surface area contributed by atoms with E-state index in [1.807, 2.05) is 60.7 Å². The molecule has 1 aliphatic carbocycles. The molecule has 1 saturated carbocycles. The summed E-state index contributed by atoms with van der Waals surface area (Å²) in [6, 6.07) is 19.5. The first kappa shape index (κ1) is 22.5. The van der Waals surface area contributed by atoms with Gasteiger partial charge in [0.15, 0.2) is 5.43 Å². The zero-order valence-corrected chi connectivity index (χ0v) is 17.2. The van der Waals surface area contributed by atoms with E-state index in [9.17, 15) is 19.2 Å². The van der Waals surface area contributed by atoms with Gasteiger partial charge in [0, 0.05) is 12.3 Å². The summed E-state index contributed by atoms with van der Waals surface area (Å²) in [6.07, 6.45) is 3.00. The Morgan fingerprint density at radius 1 is 0.969 bits per heavy atom. The number of primary amides is 1. The predicted molar refractivity (Wildman–Crippen MR) is 118 cm³/mol. The molecule has 0 atom stereocenters. The van der Waals surface area contributed by atoms with E-state index in [1.54, 1.807) is 0 Å². The van der Waals surface area contributed by atoms with Crippen molar-refractivity contribution in [3.05, 3.63) is 106 Å². The molecule has 2 aromatic carbocycles. The number of aromatic amines is 1. The van der Waals surface area contributed by atoms with E-state index in [2.05, 4.69) is 10.3 Å². The number of H-pyrrole nitrogens is 1. The summed E-state index contributed by atoms with van der Waals surface area (Å²) in [5.41, 5.74) is 6.19. The van der Waals surface area contributed by atoms with Crippen LogP contribution in [0.5, 0.6) is 0 Å². The van der Waals surface area contributed by atoms with Gasteiger partial charge >= 0.3 is 5.97 Å². The van der Waals surface area contributed by atoms with Crippen LogP contribution in [-0.2, 0) is 4.79 Å². The van der Waals surface area contributed by atoms with Gasteiger partial charge in [0.25, 0.3) is 11.8 Å². The average Bonchev–Trinajstić information content (AvgIpc) is 3.64. The smallest absolute Gasteiger partial charge is 0.306 e. The quantitative estimate of drug-likeness (QED) is 0.472. The van der Waals surface area contributed by atoms with Crippen LogP contribution in [-0.4, -0.2) is 27.9 Å². The number of carbonyl (C=O) groups is 3. The van der Waals surface area contributed by atoms with Gasteiger partial charge in [-0.1, -0.05) is 60.7 Å². The number of pyridine rings is 1. The fourth-order valence-corrected chi connectivity index (χ4v) is 2.98. The number of nitrogens with one attached hydrogen (secondary N) is 2. The Bertz CT molecular complexity index is 1120. The van der Waals surface area contributed by atoms with Crippen molar-refractivity contribution in [2.24, 2.45) is 11.7 Å². The predicted octanol–water partition coefficient (Wildman–Crippen LogP) is 2.47. The highest BCUT2D eigenvalue weighted by molar-refractivity contribution is 5.96. The number of aromatic nitrogens is 1. The van der Waals surface area contributed by atoms with E-state index in [0.717, 1.165) is 30.0 Å². The van der Waals surface area contributed by atoms with Crippen LogP contribution in [0.25, 0.3) is 0 Å². The zero-order chi connectivity index (χ0) is 23.1. The Morgan fingerprint density at radius 2 is 1.50 bits per heavy atom. The van der Waals surface area contributed by atoms with Crippen LogP contribution in [0.2, 0.25) is 0 Å². The molecule has 0 aliphatic heterocycles. The minimum Gasteiger partial charge on any atom is -0.481 e. The van der Waals surface area contributed by atoms with Gasteiger partial charge in [0.05, 0.1) is 12.0 Å². The third-order valence-electron chi connectivity index (χ3n) is 4.89. The highest BCUT2D eigenvalue weighted by Gasteiger charge is 2.28. The topological polar surface area (TPSA) is 142 Å². The van der Waals surface area contributed by atoms with Gasteiger partial charge in [-0.25, -0.2) is 0 Å². The molecule has 8 heteroatoms. The summed E-state index contributed by atoms with van der Waals surface area (Å²) >= 11 is 0. The van der Waals surface area contributed by atoms with E-state index in [1.165, 1.54) is 6.20 Å². The monoisotopic (exact) mass is 433 g/mol. The highest BCUT2D eigenvalue weighted by Crippen LogP contribution is 2.28. The standard InChI is InChI=1S/C20H17N3O3.C4H6O2/c21-19(25)16-11-17(24)15(12-22-16)20(26)23-18(13-7-3-1-4-8-13)14-9-5-2-6-10-14;5-4(6)3-1-2-3/h1-12,18H,(H2,21,25)(H,22,24)(H,23,26);3H,1-2H2,(H,5,6). The van der Waals surface area contributed by atoms with Gasteiger partial charge in [0.2, 0.25) is 0 Å². The molecule has 0 spiro atoms. The molecule has 1 aliphatic rings. The molecule has 4 rings (SSSR count). The zero-order valence-electron chi connectivity index (χ0n) is 17.2. The fraction of sp³-hybridized carbons (Fsp3) is 0.167. The van der Waals surface area contributed by atoms with E-state index in [-0.39, 0.29) is 17.2 Å². The minimum atomic E-state index is -0.763. The first-order valence-corrected chi connectivity index (χ1v) is 10.0. The van der Waals surface area contributed by atoms with E-state index < -0.39 is 29.3 Å². The maximum absolute atomic E-state index is 12.7. The van der Waals surface area contributed by atoms with Gasteiger partial charge < -0.3 is 21.1 Å². The molecule has 32 heavy (non-hydrogen) atoms. The molecule has 0 bridgehead atoms. The third kappa shape index (κ3) is 5.91. The van der Waals surface area contributed by atoms with Gasteiger partial charge in [0.1, 0.15) is 11.3 Å². The van der Waals surface area contributed by atoms with Crippen LogP contribution in [0.1, 0.15) is 50.9 Å². The molecular weight excluding hydrogens is 410 g/mol. The van der Waals surface area contributed by atoms with Gasteiger partial charge in [-0.15, -0.1) is 0 Å². The summed E-state index contributed by atoms with van der Waals surface area (Å²) in [5.74, 6) is -1.92. The van der Waals surface area contributed by atoms with Crippen molar-refractivity contribution in [2.45, 2.75) is 18.9 Å². The molecule has 2 amide bonds. The molecule has 1 aromatic heterocycles. The number of carboxylic acid groups (broad SMARTS) is 1. The van der Waals surface area contributed by atoms with E-state index in [4.69, 9.17) is 10.8 Å². The molecule has 0 saturated heterocycles. The SMILES string of the molecule is NC(=O)c1cc(=O)c(C(=O)NC(c2ccccc2)c2ccccc2)c[nH]1.O=C(O)C1CC1. The fourth-order valence-electron chi connectivity index (χ4n) is 2.98. The largest absolute Gasteiger partial charge is 0.481 e. The van der Waals surface area contributed by atoms with Crippen LogP contribution in [0.3, 0.4) is 0 Å². The lowest BCUT2D eigenvalue weighted by Gasteiger charge is -2.19. The number of carboxylic acids is 1. The number of carbonyl (C=O) groups excluding carboxylic acids is 2. The highest BCUT2D eigenvalue weighted by atomic mass is 16.4. The van der Waals surface area contributed by atoms with Crippen molar-refractivity contribution in [1.82, 2.24) is 10.3 Å². The molecule has 0 radical (unpaired) electrons. The summed E-state index contributed by atoms with van der Waals surface area (Å²) in [5, 5.41) is 10.9. The second kappa shape index (κ2) is 10.2. The Hall–Kier alpha value is -4.20. The summed E-state index contributed by atoms with van der Waals surface area (Å²) in [7, 11) is 0. The average molecular weight is 433 g/mol. The molecule has 8 nitrogen and oxygen atoms in total. The number of hydrogen-bond acceptors (Lipinski definition) is 4. The maximum Gasteiger partial charge on any atom is 0.306 e. The lowest BCUT2D eigenvalue weighted by Crippen LogP contribution is -2.33. The minimum absolute atomic E-state index is 0.0185. The first-order valence-electron chi connectivity index (χ1n) is 10.0. The number of hydrogen-bond donors (Lipinski definition) is 4. The summed E-state index contributed by atoms with van der Waals surface area (Å²) in [4.78, 5) is 48.3. The Labute approximate surface area is 184 Å². The van der Waals surface area contributed by atoms with Crippen molar-refractivity contribution < 1.29 is 19.5 Å². The normalized spacial score (nSPS) is 12.4. The van der Waals surface area contributed by atoms with Gasteiger partial charge in [-0.05, 0) is 24.0 Å². The number of benzene rings is 2. The van der Waals surface area contributed by atoms with Crippen molar-refractivity contribution in [2.75, 3.05) is 0 Å². The molecule has 3 aromatic rings. The molecule has 1 heterocycles. The van der Waals surface area contributed by atoms with Crippen LogP contribution >= 0.6 is 0 Å². The summed E-state index contributed by atoms with van der Waals surface area (Å²) in [6.45, 7) is 0. The lowest BCUT2D eigenvalue weighted by atomic mass is 9.98.